The molecule has 2 atom stereocenters. The van der Waals surface area contributed by atoms with Gasteiger partial charge in [0.1, 0.15) is 6.04 Å². The molecule has 20 heavy (non-hydrogen) atoms. The molecule has 1 aliphatic rings. The Morgan fingerprint density at radius 3 is 2.15 bits per heavy atom. The molecule has 0 unspecified atom stereocenters. The van der Waals surface area contributed by atoms with Gasteiger partial charge in [0.05, 0.1) is 18.2 Å². The first-order valence-electron chi connectivity index (χ1n) is 6.13. The van der Waals surface area contributed by atoms with E-state index in [9.17, 15) is 14.4 Å². The van der Waals surface area contributed by atoms with Crippen molar-refractivity contribution in [2.24, 2.45) is 5.92 Å². The second-order valence-corrected chi connectivity index (χ2v) is 5.27. The second kappa shape index (κ2) is 5.75. The van der Waals surface area contributed by atoms with Gasteiger partial charge in [-0.3, -0.25) is 14.5 Å². The largest absolute Gasteiger partial charge is 0.467 e. The van der Waals surface area contributed by atoms with Gasteiger partial charge < -0.3 is 4.74 Å². The number of alkyl halides is 1. The summed E-state index contributed by atoms with van der Waals surface area (Å²) in [5.74, 6) is -1.74. The third-order valence-corrected chi connectivity index (χ3v) is 4.35. The van der Waals surface area contributed by atoms with Gasteiger partial charge in [0.25, 0.3) is 11.8 Å². The van der Waals surface area contributed by atoms with Crippen LogP contribution < -0.4 is 0 Å². The van der Waals surface area contributed by atoms with E-state index < -0.39 is 23.8 Å². The summed E-state index contributed by atoms with van der Waals surface area (Å²) in [5.41, 5.74) is 0.654. The zero-order valence-corrected chi connectivity index (χ0v) is 12.7. The van der Waals surface area contributed by atoms with Gasteiger partial charge in [-0.15, -0.1) is 0 Å². The van der Waals surface area contributed by atoms with E-state index in [-0.39, 0.29) is 5.92 Å². The maximum absolute atomic E-state index is 12.4. The number of amides is 2. The Labute approximate surface area is 125 Å². The minimum Gasteiger partial charge on any atom is -0.467 e. The number of benzene rings is 1. The number of methoxy groups -OCH3 is 1. The van der Waals surface area contributed by atoms with Crippen LogP contribution in [-0.2, 0) is 9.53 Å². The zero-order valence-electron chi connectivity index (χ0n) is 11.1. The average Bonchev–Trinajstić information content (AvgIpc) is 2.72. The first-order chi connectivity index (χ1) is 9.52. The lowest BCUT2D eigenvalue weighted by atomic mass is 10.0. The topological polar surface area (TPSA) is 63.7 Å². The van der Waals surface area contributed by atoms with Crippen LogP contribution in [0.2, 0.25) is 0 Å². The highest BCUT2D eigenvalue weighted by Gasteiger charge is 2.45. The van der Waals surface area contributed by atoms with Crippen molar-refractivity contribution in [3.63, 3.8) is 0 Å². The molecule has 0 saturated carbocycles. The summed E-state index contributed by atoms with van der Waals surface area (Å²) in [4.78, 5) is 37.7. The summed E-state index contributed by atoms with van der Waals surface area (Å²) < 4.78 is 4.74. The monoisotopic (exact) mass is 339 g/mol. The van der Waals surface area contributed by atoms with Crippen LogP contribution in [0, 0.1) is 5.92 Å². The van der Waals surface area contributed by atoms with Crippen molar-refractivity contribution in [3.05, 3.63) is 35.4 Å². The number of nitrogens with zero attached hydrogens (tertiary/aromatic N) is 1. The normalized spacial score (nSPS) is 16.9. The number of carbonyl (C=O) groups excluding carboxylic acids is 3. The van der Waals surface area contributed by atoms with Crippen molar-refractivity contribution < 1.29 is 19.1 Å². The van der Waals surface area contributed by atoms with E-state index in [1.807, 2.05) is 0 Å². The highest BCUT2D eigenvalue weighted by molar-refractivity contribution is 9.09. The molecule has 0 fully saturated rings. The van der Waals surface area contributed by atoms with E-state index in [4.69, 9.17) is 4.74 Å². The molecule has 106 valence electrons. The van der Waals surface area contributed by atoms with Crippen LogP contribution >= 0.6 is 15.9 Å². The quantitative estimate of drug-likeness (QED) is 0.477. The molecule has 0 radical (unpaired) electrons. The molecular formula is C14H14BrNO4. The van der Waals surface area contributed by atoms with E-state index in [1.165, 1.54) is 7.11 Å². The molecule has 5 nitrogen and oxygen atoms in total. The standard InChI is InChI=1S/C14H14BrNO4/c1-8(7-15)11(14(19)20-2)16-12(17)9-5-3-4-6-10(9)13(16)18/h3-6,8,11H,7H2,1-2H3/t8-,11+/m1/s1. The number of carbonyl (C=O) groups is 3. The second-order valence-electron chi connectivity index (χ2n) is 4.63. The number of hydrogen-bond donors (Lipinski definition) is 0. The molecule has 1 aromatic carbocycles. The number of esters is 1. The lowest BCUT2D eigenvalue weighted by molar-refractivity contribution is -0.146. The van der Waals surface area contributed by atoms with Crippen LogP contribution in [0.3, 0.4) is 0 Å². The minimum atomic E-state index is -0.924. The van der Waals surface area contributed by atoms with Crippen LogP contribution in [0.5, 0.6) is 0 Å². The molecule has 1 aliphatic heterocycles. The van der Waals surface area contributed by atoms with Gasteiger partial charge in [-0.05, 0) is 18.1 Å². The Balaban J connectivity index is 2.44. The Kier molecular flexibility index (Phi) is 4.23. The fraction of sp³-hybridized carbons (Fsp3) is 0.357. The summed E-state index contributed by atoms with van der Waals surface area (Å²) in [6.45, 7) is 1.78. The Bertz CT molecular complexity index is 537. The van der Waals surface area contributed by atoms with Gasteiger partial charge in [-0.25, -0.2) is 4.79 Å². The third-order valence-electron chi connectivity index (χ3n) is 3.33. The Morgan fingerprint density at radius 2 is 1.75 bits per heavy atom. The molecule has 2 rings (SSSR count). The molecule has 0 N–H and O–H groups in total. The van der Waals surface area contributed by atoms with E-state index >= 15 is 0 Å². The highest BCUT2D eigenvalue weighted by atomic mass is 79.9. The number of hydrogen-bond acceptors (Lipinski definition) is 4. The fourth-order valence-corrected chi connectivity index (χ4v) is 2.61. The summed E-state index contributed by atoms with van der Waals surface area (Å²) in [7, 11) is 1.24. The first kappa shape index (κ1) is 14.7. The molecule has 0 aliphatic carbocycles. The zero-order chi connectivity index (χ0) is 14.9. The van der Waals surface area contributed by atoms with Crippen molar-refractivity contribution >= 4 is 33.7 Å². The van der Waals surface area contributed by atoms with Crippen LogP contribution in [0.15, 0.2) is 24.3 Å². The molecule has 1 aromatic rings. The van der Waals surface area contributed by atoms with E-state index in [1.54, 1.807) is 31.2 Å². The van der Waals surface area contributed by atoms with Gasteiger partial charge in [-0.2, -0.15) is 0 Å². The van der Waals surface area contributed by atoms with Gasteiger partial charge in [0.15, 0.2) is 0 Å². The molecule has 6 heteroatoms. The molecule has 0 spiro atoms. The van der Waals surface area contributed by atoms with Gasteiger partial charge in [0, 0.05) is 5.33 Å². The van der Waals surface area contributed by atoms with Crippen molar-refractivity contribution in [2.75, 3.05) is 12.4 Å². The summed E-state index contributed by atoms with van der Waals surface area (Å²) in [6, 6.07) is 5.63. The molecule has 2 amide bonds. The maximum Gasteiger partial charge on any atom is 0.329 e. The van der Waals surface area contributed by atoms with Gasteiger partial charge >= 0.3 is 5.97 Å². The summed E-state index contributed by atoms with van der Waals surface area (Å²) >= 11 is 3.28. The first-order valence-corrected chi connectivity index (χ1v) is 7.25. The van der Waals surface area contributed by atoms with Crippen LogP contribution in [-0.4, -0.2) is 41.2 Å². The van der Waals surface area contributed by atoms with E-state index in [0.717, 1.165) is 4.90 Å². The SMILES string of the molecule is COC(=O)[C@H]([C@H](C)CBr)N1C(=O)c2ccccc2C1=O. The fourth-order valence-electron chi connectivity index (χ4n) is 2.26. The lowest BCUT2D eigenvalue weighted by Crippen LogP contribution is -2.49. The Morgan fingerprint density at radius 1 is 1.25 bits per heavy atom. The Hall–Kier alpha value is -1.69. The molecule has 0 bridgehead atoms. The van der Waals surface area contributed by atoms with E-state index in [2.05, 4.69) is 15.9 Å². The lowest BCUT2D eigenvalue weighted by Gasteiger charge is -2.27. The molecular weight excluding hydrogens is 326 g/mol. The molecule has 0 aromatic heterocycles. The predicted molar refractivity (Wildman–Crippen MR) is 75.7 cm³/mol. The molecule has 0 saturated heterocycles. The molecule has 1 heterocycles. The van der Waals surface area contributed by atoms with E-state index in [0.29, 0.717) is 16.5 Å². The number of ether oxygens (including phenoxy) is 1. The smallest absolute Gasteiger partial charge is 0.329 e. The number of fused-ring (bicyclic) bond motifs is 1. The van der Waals surface area contributed by atoms with Gasteiger partial charge in [0.2, 0.25) is 0 Å². The van der Waals surface area contributed by atoms with Crippen molar-refractivity contribution in [2.45, 2.75) is 13.0 Å². The number of rotatable bonds is 4. The highest BCUT2D eigenvalue weighted by Crippen LogP contribution is 2.28. The van der Waals surface area contributed by atoms with Crippen molar-refractivity contribution in [1.82, 2.24) is 4.90 Å². The average molecular weight is 340 g/mol. The van der Waals surface area contributed by atoms with Crippen LogP contribution in [0.1, 0.15) is 27.6 Å². The van der Waals surface area contributed by atoms with Crippen LogP contribution in [0.25, 0.3) is 0 Å². The predicted octanol–water partition coefficient (Wildman–Crippen LogP) is 1.86. The number of imide groups is 1. The minimum absolute atomic E-state index is 0.246. The summed E-state index contributed by atoms with van der Waals surface area (Å²) in [6.07, 6.45) is 0. The maximum atomic E-state index is 12.4. The van der Waals surface area contributed by atoms with Crippen LogP contribution in [0.4, 0.5) is 0 Å². The van der Waals surface area contributed by atoms with Gasteiger partial charge in [-0.1, -0.05) is 35.0 Å². The number of halogens is 1. The summed E-state index contributed by atoms with van der Waals surface area (Å²) in [5, 5.41) is 0.472. The van der Waals surface area contributed by atoms with Crippen molar-refractivity contribution in [3.8, 4) is 0 Å². The van der Waals surface area contributed by atoms with Crippen molar-refractivity contribution in [1.29, 1.82) is 0 Å². The third kappa shape index (κ3) is 2.24.